The summed E-state index contributed by atoms with van der Waals surface area (Å²) in [4.78, 5) is 0. The molecular formula is C14H22O2. The fourth-order valence-electron chi connectivity index (χ4n) is 1.49. The Morgan fingerprint density at radius 1 is 1.19 bits per heavy atom. The Hall–Kier alpha value is -0.860. The van der Waals surface area contributed by atoms with Gasteiger partial charge in [-0.2, -0.15) is 0 Å². The molecule has 0 spiro atoms. The number of aliphatic hydroxyl groups excluding tert-OH is 1. The summed E-state index contributed by atoms with van der Waals surface area (Å²) in [6, 6.07) is 7.87. The van der Waals surface area contributed by atoms with Crippen molar-refractivity contribution in [2.75, 3.05) is 6.61 Å². The van der Waals surface area contributed by atoms with Crippen molar-refractivity contribution in [1.82, 2.24) is 0 Å². The van der Waals surface area contributed by atoms with Gasteiger partial charge in [0.2, 0.25) is 0 Å². The van der Waals surface area contributed by atoms with Crippen LogP contribution in [0.25, 0.3) is 0 Å². The van der Waals surface area contributed by atoms with E-state index < -0.39 is 6.10 Å². The van der Waals surface area contributed by atoms with E-state index >= 15 is 0 Å². The summed E-state index contributed by atoms with van der Waals surface area (Å²) in [7, 11) is 0. The summed E-state index contributed by atoms with van der Waals surface area (Å²) in [5.41, 5.74) is 2.06. The van der Waals surface area contributed by atoms with Crippen LogP contribution in [0.3, 0.4) is 0 Å². The number of hydrogen-bond donors (Lipinski definition) is 1. The van der Waals surface area contributed by atoms with Crippen LogP contribution in [-0.2, 0) is 4.74 Å². The number of aliphatic hydroxyl groups is 1. The van der Waals surface area contributed by atoms with Gasteiger partial charge in [0.25, 0.3) is 0 Å². The molecule has 1 N–H and O–H groups in total. The molecular weight excluding hydrogens is 200 g/mol. The molecule has 1 aromatic carbocycles. The lowest BCUT2D eigenvalue weighted by Crippen LogP contribution is -2.19. The van der Waals surface area contributed by atoms with Crippen molar-refractivity contribution in [2.45, 2.75) is 39.9 Å². The minimum Gasteiger partial charge on any atom is -0.386 e. The van der Waals surface area contributed by atoms with Crippen molar-refractivity contribution in [3.63, 3.8) is 0 Å². The fraction of sp³-hybridized carbons (Fsp3) is 0.571. The standard InChI is InChI=1S/C14H22O2/c1-10(2)12(4)16-9-14(15)13-8-6-5-7-11(13)3/h5-8,10,12,14-15H,9H2,1-4H3. The van der Waals surface area contributed by atoms with Crippen molar-refractivity contribution >= 4 is 0 Å². The van der Waals surface area contributed by atoms with Gasteiger partial charge in [-0.05, 0) is 30.9 Å². The highest BCUT2D eigenvalue weighted by atomic mass is 16.5. The first kappa shape index (κ1) is 13.2. The Kier molecular flexibility index (Phi) is 4.97. The zero-order valence-corrected chi connectivity index (χ0v) is 10.6. The topological polar surface area (TPSA) is 29.5 Å². The molecule has 2 unspecified atom stereocenters. The van der Waals surface area contributed by atoms with Crippen LogP contribution in [0.2, 0.25) is 0 Å². The maximum atomic E-state index is 10.0. The van der Waals surface area contributed by atoms with E-state index in [0.29, 0.717) is 12.5 Å². The lowest BCUT2D eigenvalue weighted by Gasteiger charge is -2.20. The van der Waals surface area contributed by atoms with E-state index in [1.165, 1.54) is 0 Å². The summed E-state index contributed by atoms with van der Waals surface area (Å²) in [5.74, 6) is 0.476. The van der Waals surface area contributed by atoms with Gasteiger partial charge in [-0.1, -0.05) is 38.1 Å². The summed E-state index contributed by atoms with van der Waals surface area (Å²) in [5, 5.41) is 10.0. The molecule has 2 nitrogen and oxygen atoms in total. The molecule has 1 rings (SSSR count). The van der Waals surface area contributed by atoms with Crippen LogP contribution in [-0.4, -0.2) is 17.8 Å². The molecule has 0 bridgehead atoms. The van der Waals surface area contributed by atoms with Crippen LogP contribution in [0.4, 0.5) is 0 Å². The van der Waals surface area contributed by atoms with E-state index in [9.17, 15) is 5.11 Å². The largest absolute Gasteiger partial charge is 0.386 e. The molecule has 2 heteroatoms. The van der Waals surface area contributed by atoms with Gasteiger partial charge >= 0.3 is 0 Å². The molecule has 0 radical (unpaired) electrons. The highest BCUT2D eigenvalue weighted by Crippen LogP contribution is 2.18. The second-order valence-corrected chi connectivity index (χ2v) is 4.65. The molecule has 1 aromatic rings. The van der Waals surface area contributed by atoms with Crippen LogP contribution in [0.15, 0.2) is 24.3 Å². The Morgan fingerprint density at radius 2 is 1.81 bits per heavy atom. The van der Waals surface area contributed by atoms with Crippen molar-refractivity contribution < 1.29 is 9.84 Å². The SMILES string of the molecule is Cc1ccccc1C(O)COC(C)C(C)C. The van der Waals surface area contributed by atoms with Crippen LogP contribution < -0.4 is 0 Å². The molecule has 0 saturated heterocycles. The predicted molar refractivity (Wildman–Crippen MR) is 66.4 cm³/mol. The Bertz CT molecular complexity index is 320. The molecule has 16 heavy (non-hydrogen) atoms. The second-order valence-electron chi connectivity index (χ2n) is 4.65. The van der Waals surface area contributed by atoms with Gasteiger partial charge in [0.15, 0.2) is 0 Å². The minimum absolute atomic E-state index is 0.179. The normalized spacial score (nSPS) is 15.1. The maximum absolute atomic E-state index is 10.0. The molecule has 2 atom stereocenters. The number of aryl methyl sites for hydroxylation is 1. The molecule has 90 valence electrons. The molecule has 0 amide bonds. The zero-order chi connectivity index (χ0) is 12.1. The third-order valence-corrected chi connectivity index (χ3v) is 3.00. The lowest BCUT2D eigenvalue weighted by atomic mass is 10.0. The maximum Gasteiger partial charge on any atom is 0.103 e. The molecule has 0 aliphatic heterocycles. The highest BCUT2D eigenvalue weighted by molar-refractivity contribution is 5.27. The number of hydrogen-bond acceptors (Lipinski definition) is 2. The quantitative estimate of drug-likeness (QED) is 0.829. The summed E-state index contributed by atoms with van der Waals surface area (Å²) < 4.78 is 5.62. The monoisotopic (exact) mass is 222 g/mol. The number of benzene rings is 1. The van der Waals surface area contributed by atoms with Gasteiger partial charge in [-0.3, -0.25) is 0 Å². The third kappa shape index (κ3) is 3.62. The summed E-state index contributed by atoms with van der Waals surface area (Å²) >= 11 is 0. The van der Waals surface area contributed by atoms with Crippen LogP contribution in [0.1, 0.15) is 38.0 Å². The van der Waals surface area contributed by atoms with Crippen LogP contribution in [0, 0.1) is 12.8 Å². The summed E-state index contributed by atoms with van der Waals surface area (Å²) in [6.45, 7) is 8.64. The van der Waals surface area contributed by atoms with Crippen molar-refractivity contribution in [3.8, 4) is 0 Å². The Morgan fingerprint density at radius 3 is 2.38 bits per heavy atom. The van der Waals surface area contributed by atoms with Gasteiger partial charge in [-0.15, -0.1) is 0 Å². The van der Waals surface area contributed by atoms with Crippen molar-refractivity contribution in [2.24, 2.45) is 5.92 Å². The minimum atomic E-state index is -0.526. The van der Waals surface area contributed by atoms with Gasteiger partial charge in [0.1, 0.15) is 6.10 Å². The molecule has 0 fully saturated rings. The van der Waals surface area contributed by atoms with E-state index in [-0.39, 0.29) is 6.10 Å². The third-order valence-electron chi connectivity index (χ3n) is 3.00. The molecule has 0 aromatic heterocycles. The van der Waals surface area contributed by atoms with Gasteiger partial charge in [-0.25, -0.2) is 0 Å². The summed E-state index contributed by atoms with van der Waals surface area (Å²) in [6.07, 6.45) is -0.346. The van der Waals surface area contributed by atoms with E-state index in [0.717, 1.165) is 11.1 Å². The van der Waals surface area contributed by atoms with Crippen molar-refractivity contribution in [1.29, 1.82) is 0 Å². The Balaban J connectivity index is 2.53. The Labute approximate surface area is 98.3 Å². The fourth-order valence-corrected chi connectivity index (χ4v) is 1.49. The van der Waals surface area contributed by atoms with Crippen molar-refractivity contribution in [3.05, 3.63) is 35.4 Å². The first-order valence-electron chi connectivity index (χ1n) is 5.87. The highest BCUT2D eigenvalue weighted by Gasteiger charge is 2.13. The van der Waals surface area contributed by atoms with Gasteiger partial charge in [0, 0.05) is 0 Å². The average Bonchev–Trinajstić information content (AvgIpc) is 2.25. The van der Waals surface area contributed by atoms with E-state index in [4.69, 9.17) is 4.74 Å². The predicted octanol–water partition coefficient (Wildman–Crippen LogP) is 3.09. The van der Waals surface area contributed by atoms with Gasteiger partial charge in [0.05, 0.1) is 12.7 Å². The average molecular weight is 222 g/mol. The molecule has 0 saturated carbocycles. The smallest absolute Gasteiger partial charge is 0.103 e. The van der Waals surface area contributed by atoms with E-state index in [1.807, 2.05) is 38.1 Å². The van der Waals surface area contributed by atoms with Gasteiger partial charge < -0.3 is 9.84 Å². The first-order chi connectivity index (χ1) is 7.52. The molecule has 0 aliphatic carbocycles. The zero-order valence-electron chi connectivity index (χ0n) is 10.6. The van der Waals surface area contributed by atoms with Crippen LogP contribution in [0.5, 0.6) is 0 Å². The van der Waals surface area contributed by atoms with Crippen LogP contribution >= 0.6 is 0 Å². The van der Waals surface area contributed by atoms with E-state index in [1.54, 1.807) is 0 Å². The second kappa shape index (κ2) is 6.02. The molecule has 0 heterocycles. The van der Waals surface area contributed by atoms with E-state index in [2.05, 4.69) is 13.8 Å². The molecule has 0 aliphatic rings. The first-order valence-corrected chi connectivity index (χ1v) is 5.87. The number of rotatable bonds is 5. The lowest BCUT2D eigenvalue weighted by molar-refractivity contribution is -0.0208. The number of ether oxygens (including phenoxy) is 1.